The number of hydrogen-bond donors (Lipinski definition) is 0. The number of amides is 1. The van der Waals surface area contributed by atoms with E-state index in [1.165, 1.54) is 18.4 Å². The molecule has 0 unspecified atom stereocenters. The molecule has 0 spiro atoms. The minimum atomic E-state index is 0.272. The van der Waals surface area contributed by atoms with Gasteiger partial charge in [-0.25, -0.2) is 0 Å². The second-order valence-electron chi connectivity index (χ2n) is 4.21. The topological polar surface area (TPSA) is 20.3 Å². The number of nitrogens with zero attached hydrogens (tertiary/aromatic N) is 1. The van der Waals surface area contributed by atoms with E-state index in [-0.39, 0.29) is 5.91 Å². The van der Waals surface area contributed by atoms with Gasteiger partial charge in [-0.3, -0.25) is 4.79 Å². The van der Waals surface area contributed by atoms with E-state index in [4.69, 9.17) is 0 Å². The van der Waals surface area contributed by atoms with E-state index in [2.05, 4.69) is 23.4 Å². The van der Waals surface area contributed by atoms with Crippen LogP contribution in [0.4, 0.5) is 0 Å². The van der Waals surface area contributed by atoms with E-state index in [1.807, 2.05) is 11.0 Å². The lowest BCUT2D eigenvalue weighted by molar-refractivity contribution is -0.132. The predicted molar refractivity (Wildman–Crippen MR) is 67.3 cm³/mol. The standard InChI is InChI=1S/C13H17NOS/c1-2-3-4-13(15)14(12-5-6-12)9-11-7-8-16-10-11/h2,7-8,10,12H,1,3-6,9H2. The first-order chi connectivity index (χ1) is 7.81. The molecule has 1 aliphatic carbocycles. The highest BCUT2D eigenvalue weighted by atomic mass is 32.1. The molecule has 0 bridgehead atoms. The predicted octanol–water partition coefficient (Wildman–Crippen LogP) is 3.21. The van der Waals surface area contributed by atoms with Crippen LogP contribution < -0.4 is 0 Å². The maximum absolute atomic E-state index is 12.0. The van der Waals surface area contributed by atoms with Gasteiger partial charge in [0.05, 0.1) is 0 Å². The molecule has 1 amide bonds. The first-order valence-corrected chi connectivity index (χ1v) is 6.67. The molecule has 16 heavy (non-hydrogen) atoms. The van der Waals surface area contributed by atoms with Crippen LogP contribution in [0.2, 0.25) is 0 Å². The van der Waals surface area contributed by atoms with Crippen LogP contribution in [0.25, 0.3) is 0 Å². The first-order valence-electron chi connectivity index (χ1n) is 5.72. The van der Waals surface area contributed by atoms with Gasteiger partial charge in [-0.1, -0.05) is 6.08 Å². The summed E-state index contributed by atoms with van der Waals surface area (Å²) in [6.45, 7) is 4.44. The summed E-state index contributed by atoms with van der Waals surface area (Å²) < 4.78 is 0. The first kappa shape index (κ1) is 11.4. The average molecular weight is 235 g/mol. The van der Waals surface area contributed by atoms with E-state index >= 15 is 0 Å². The van der Waals surface area contributed by atoms with Crippen molar-refractivity contribution in [3.63, 3.8) is 0 Å². The number of rotatable bonds is 6. The van der Waals surface area contributed by atoms with Gasteiger partial charge in [0.1, 0.15) is 0 Å². The van der Waals surface area contributed by atoms with Crippen LogP contribution in [0.3, 0.4) is 0 Å². The highest BCUT2D eigenvalue weighted by Crippen LogP contribution is 2.29. The molecular weight excluding hydrogens is 218 g/mol. The van der Waals surface area contributed by atoms with E-state index in [0.29, 0.717) is 12.5 Å². The summed E-state index contributed by atoms with van der Waals surface area (Å²) in [5.74, 6) is 0.272. The lowest BCUT2D eigenvalue weighted by Crippen LogP contribution is -2.32. The molecule has 86 valence electrons. The summed E-state index contributed by atoms with van der Waals surface area (Å²) >= 11 is 1.69. The van der Waals surface area contributed by atoms with E-state index in [1.54, 1.807) is 11.3 Å². The number of carbonyl (C=O) groups excluding carboxylic acids is 1. The number of allylic oxidation sites excluding steroid dienone is 1. The summed E-state index contributed by atoms with van der Waals surface area (Å²) in [5, 5.41) is 4.19. The molecule has 3 heteroatoms. The maximum atomic E-state index is 12.0. The van der Waals surface area contributed by atoms with E-state index in [9.17, 15) is 4.79 Å². The van der Waals surface area contributed by atoms with Gasteiger partial charge >= 0.3 is 0 Å². The Morgan fingerprint density at radius 1 is 1.62 bits per heavy atom. The maximum Gasteiger partial charge on any atom is 0.223 e. The van der Waals surface area contributed by atoms with Crippen molar-refractivity contribution in [2.75, 3.05) is 0 Å². The Bertz CT molecular complexity index is 354. The van der Waals surface area contributed by atoms with Crippen molar-refractivity contribution in [2.45, 2.75) is 38.3 Å². The van der Waals surface area contributed by atoms with Crippen molar-refractivity contribution in [2.24, 2.45) is 0 Å². The Hall–Kier alpha value is -1.09. The lowest BCUT2D eigenvalue weighted by atomic mass is 10.2. The summed E-state index contributed by atoms with van der Waals surface area (Å²) in [6.07, 6.45) is 5.54. The average Bonchev–Trinajstić information content (AvgIpc) is 3.00. The zero-order chi connectivity index (χ0) is 11.4. The van der Waals surface area contributed by atoms with Crippen LogP contribution in [0, 0.1) is 0 Å². The molecule has 0 radical (unpaired) electrons. The summed E-state index contributed by atoms with van der Waals surface area (Å²) in [5.41, 5.74) is 1.25. The Labute approximate surface area is 101 Å². The van der Waals surface area contributed by atoms with Crippen molar-refractivity contribution in [3.8, 4) is 0 Å². The minimum Gasteiger partial charge on any atom is -0.335 e. The fourth-order valence-corrected chi connectivity index (χ4v) is 2.42. The highest BCUT2D eigenvalue weighted by molar-refractivity contribution is 7.07. The van der Waals surface area contributed by atoms with Crippen LogP contribution in [-0.4, -0.2) is 16.8 Å². The quantitative estimate of drug-likeness (QED) is 0.693. The molecule has 1 heterocycles. The van der Waals surface area contributed by atoms with E-state index in [0.717, 1.165) is 13.0 Å². The second kappa shape index (κ2) is 5.30. The van der Waals surface area contributed by atoms with Gasteiger partial charge in [0, 0.05) is 19.0 Å². The van der Waals surface area contributed by atoms with Gasteiger partial charge in [0.15, 0.2) is 0 Å². The minimum absolute atomic E-state index is 0.272. The van der Waals surface area contributed by atoms with Crippen molar-refractivity contribution in [1.29, 1.82) is 0 Å². The molecule has 0 atom stereocenters. The Morgan fingerprint density at radius 3 is 3.00 bits per heavy atom. The van der Waals surface area contributed by atoms with Crippen LogP contribution in [0.1, 0.15) is 31.2 Å². The van der Waals surface area contributed by atoms with Crippen molar-refractivity contribution in [3.05, 3.63) is 35.0 Å². The molecule has 0 saturated heterocycles. The SMILES string of the molecule is C=CCCC(=O)N(Cc1ccsc1)C1CC1. The third kappa shape index (κ3) is 2.95. The van der Waals surface area contributed by atoms with Crippen molar-refractivity contribution >= 4 is 17.2 Å². The van der Waals surface area contributed by atoms with Crippen LogP contribution in [0.5, 0.6) is 0 Å². The highest BCUT2D eigenvalue weighted by Gasteiger charge is 2.31. The second-order valence-corrected chi connectivity index (χ2v) is 4.99. The van der Waals surface area contributed by atoms with Gasteiger partial charge in [-0.05, 0) is 41.7 Å². The Balaban J connectivity index is 1.94. The molecule has 2 rings (SSSR count). The molecule has 1 fully saturated rings. The molecular formula is C13H17NOS. The molecule has 1 saturated carbocycles. The van der Waals surface area contributed by atoms with E-state index < -0.39 is 0 Å². The zero-order valence-corrected chi connectivity index (χ0v) is 10.2. The molecule has 1 aliphatic rings. The summed E-state index contributed by atoms with van der Waals surface area (Å²) in [7, 11) is 0. The number of thiophene rings is 1. The van der Waals surface area contributed by atoms with Crippen LogP contribution in [0.15, 0.2) is 29.5 Å². The van der Waals surface area contributed by atoms with Crippen molar-refractivity contribution in [1.82, 2.24) is 4.90 Å². The zero-order valence-electron chi connectivity index (χ0n) is 9.39. The molecule has 0 N–H and O–H groups in total. The third-order valence-corrected chi connectivity index (χ3v) is 3.54. The smallest absolute Gasteiger partial charge is 0.223 e. The monoisotopic (exact) mass is 235 g/mol. The summed E-state index contributed by atoms with van der Waals surface area (Å²) in [6, 6.07) is 2.60. The largest absolute Gasteiger partial charge is 0.335 e. The van der Waals surface area contributed by atoms with Crippen LogP contribution in [-0.2, 0) is 11.3 Å². The van der Waals surface area contributed by atoms with Gasteiger partial charge in [-0.2, -0.15) is 11.3 Å². The number of hydrogen-bond acceptors (Lipinski definition) is 2. The molecule has 0 aromatic carbocycles. The third-order valence-electron chi connectivity index (χ3n) is 2.80. The van der Waals surface area contributed by atoms with Gasteiger partial charge in [0.25, 0.3) is 0 Å². The summed E-state index contributed by atoms with van der Waals surface area (Å²) in [4.78, 5) is 14.0. The van der Waals surface area contributed by atoms with Gasteiger partial charge in [-0.15, -0.1) is 6.58 Å². The molecule has 1 aromatic rings. The van der Waals surface area contributed by atoms with Gasteiger partial charge in [0.2, 0.25) is 5.91 Å². The lowest BCUT2D eigenvalue weighted by Gasteiger charge is -2.21. The van der Waals surface area contributed by atoms with Gasteiger partial charge < -0.3 is 4.90 Å². The fourth-order valence-electron chi connectivity index (χ4n) is 1.76. The Kier molecular flexibility index (Phi) is 3.78. The molecule has 2 nitrogen and oxygen atoms in total. The molecule has 0 aliphatic heterocycles. The van der Waals surface area contributed by atoms with Crippen molar-refractivity contribution < 1.29 is 4.79 Å². The normalized spacial score (nSPS) is 14.8. The Morgan fingerprint density at radius 2 is 2.44 bits per heavy atom. The molecule has 1 aromatic heterocycles. The number of carbonyl (C=O) groups is 1. The fraction of sp³-hybridized carbons (Fsp3) is 0.462. The van der Waals surface area contributed by atoms with Crippen LogP contribution >= 0.6 is 11.3 Å².